The third kappa shape index (κ3) is 2.82. The number of carboxylic acid groups (broad SMARTS) is 1. The highest BCUT2D eigenvalue weighted by molar-refractivity contribution is 9.10. The summed E-state index contributed by atoms with van der Waals surface area (Å²) in [6, 6.07) is 4.12. The van der Waals surface area contributed by atoms with Gasteiger partial charge in [0.05, 0.1) is 16.2 Å². The van der Waals surface area contributed by atoms with Crippen LogP contribution in [0.1, 0.15) is 23.7 Å². The SMILES string of the molecule is CCCS(=O)(=O)c1cc(Br)ccc1C(=O)O. The van der Waals surface area contributed by atoms with Gasteiger partial charge in [0.1, 0.15) is 0 Å². The maximum atomic E-state index is 11.8. The lowest BCUT2D eigenvalue weighted by molar-refractivity contribution is 0.0692. The number of rotatable bonds is 4. The van der Waals surface area contributed by atoms with E-state index in [-0.39, 0.29) is 16.2 Å². The second kappa shape index (κ2) is 4.97. The minimum atomic E-state index is -3.52. The van der Waals surface area contributed by atoms with E-state index in [9.17, 15) is 13.2 Å². The number of carboxylic acids is 1. The van der Waals surface area contributed by atoms with Crippen LogP contribution in [0.15, 0.2) is 27.6 Å². The van der Waals surface area contributed by atoms with Gasteiger partial charge in [0, 0.05) is 4.47 Å². The quantitative estimate of drug-likeness (QED) is 0.926. The molecule has 0 heterocycles. The molecule has 0 saturated heterocycles. The molecule has 0 aromatic heterocycles. The average molecular weight is 307 g/mol. The maximum absolute atomic E-state index is 11.8. The van der Waals surface area contributed by atoms with Crippen molar-refractivity contribution in [2.45, 2.75) is 18.2 Å². The van der Waals surface area contributed by atoms with Crippen molar-refractivity contribution in [3.8, 4) is 0 Å². The maximum Gasteiger partial charge on any atom is 0.337 e. The number of hydrogen-bond donors (Lipinski definition) is 1. The highest BCUT2D eigenvalue weighted by Crippen LogP contribution is 2.22. The minimum absolute atomic E-state index is 0.0519. The van der Waals surface area contributed by atoms with E-state index in [0.717, 1.165) is 0 Å². The molecule has 1 N–H and O–H groups in total. The zero-order valence-corrected chi connectivity index (χ0v) is 11.0. The molecular weight excluding hydrogens is 296 g/mol. The van der Waals surface area contributed by atoms with Crippen LogP contribution >= 0.6 is 15.9 Å². The number of hydrogen-bond acceptors (Lipinski definition) is 3. The van der Waals surface area contributed by atoms with Gasteiger partial charge in [0.25, 0.3) is 0 Å². The third-order valence-corrected chi connectivity index (χ3v) is 4.43. The second-order valence-electron chi connectivity index (χ2n) is 3.26. The molecule has 16 heavy (non-hydrogen) atoms. The fourth-order valence-corrected chi connectivity index (χ4v) is 3.38. The Morgan fingerprint density at radius 3 is 2.56 bits per heavy atom. The summed E-state index contributed by atoms with van der Waals surface area (Å²) >= 11 is 3.13. The van der Waals surface area contributed by atoms with Gasteiger partial charge in [0.15, 0.2) is 9.84 Å². The van der Waals surface area contributed by atoms with Crippen LogP contribution in [0.3, 0.4) is 0 Å². The molecule has 0 unspecified atom stereocenters. The summed E-state index contributed by atoms with van der Waals surface area (Å²) in [4.78, 5) is 10.8. The topological polar surface area (TPSA) is 71.4 Å². The molecule has 6 heteroatoms. The Morgan fingerprint density at radius 1 is 1.44 bits per heavy atom. The van der Waals surface area contributed by atoms with Crippen molar-refractivity contribution >= 4 is 31.7 Å². The van der Waals surface area contributed by atoms with Crippen molar-refractivity contribution < 1.29 is 18.3 Å². The fourth-order valence-electron chi connectivity index (χ4n) is 1.31. The standard InChI is InChI=1S/C10H11BrO4S/c1-2-5-16(14,15)9-6-7(11)3-4-8(9)10(12)13/h3-4,6H,2,5H2,1H3,(H,12,13). The van der Waals surface area contributed by atoms with E-state index in [4.69, 9.17) is 5.11 Å². The Hall–Kier alpha value is -0.880. The highest BCUT2D eigenvalue weighted by Gasteiger charge is 2.21. The van der Waals surface area contributed by atoms with E-state index in [1.807, 2.05) is 0 Å². The molecule has 0 bridgehead atoms. The van der Waals surface area contributed by atoms with Crippen LogP contribution < -0.4 is 0 Å². The lowest BCUT2D eigenvalue weighted by atomic mass is 10.2. The van der Waals surface area contributed by atoms with Crippen LogP contribution in [0.2, 0.25) is 0 Å². The summed E-state index contributed by atoms with van der Waals surface area (Å²) in [5.41, 5.74) is -0.184. The first-order valence-corrected chi connectivity index (χ1v) is 7.08. The molecule has 88 valence electrons. The minimum Gasteiger partial charge on any atom is -0.478 e. The van der Waals surface area contributed by atoms with Crippen molar-refractivity contribution in [2.75, 3.05) is 5.75 Å². The van der Waals surface area contributed by atoms with Gasteiger partial charge in [-0.25, -0.2) is 13.2 Å². The lowest BCUT2D eigenvalue weighted by Gasteiger charge is -2.07. The van der Waals surface area contributed by atoms with Crippen molar-refractivity contribution in [2.24, 2.45) is 0 Å². The molecule has 1 rings (SSSR count). The first kappa shape index (κ1) is 13.2. The van der Waals surface area contributed by atoms with Gasteiger partial charge >= 0.3 is 5.97 Å². The summed E-state index contributed by atoms with van der Waals surface area (Å²) in [6.45, 7) is 1.73. The van der Waals surface area contributed by atoms with E-state index in [2.05, 4.69) is 15.9 Å². The molecular formula is C10H11BrO4S. The largest absolute Gasteiger partial charge is 0.478 e. The molecule has 0 saturated carbocycles. The van der Waals surface area contributed by atoms with Crippen LogP contribution in [-0.4, -0.2) is 25.2 Å². The third-order valence-electron chi connectivity index (χ3n) is 1.98. The van der Waals surface area contributed by atoms with Gasteiger partial charge in [-0.15, -0.1) is 0 Å². The Morgan fingerprint density at radius 2 is 2.06 bits per heavy atom. The molecule has 0 fully saturated rings. The van der Waals surface area contributed by atoms with E-state index in [1.54, 1.807) is 6.92 Å². The fraction of sp³-hybridized carbons (Fsp3) is 0.300. The zero-order chi connectivity index (χ0) is 12.3. The van der Waals surface area contributed by atoms with Crippen LogP contribution in [0.5, 0.6) is 0 Å². The lowest BCUT2D eigenvalue weighted by Crippen LogP contribution is -2.12. The Bertz CT molecular complexity index is 508. The number of aromatic carboxylic acids is 1. The first-order valence-electron chi connectivity index (χ1n) is 4.64. The summed E-state index contributed by atoms with van der Waals surface area (Å²) in [5.74, 6) is -1.29. The molecule has 0 atom stereocenters. The van der Waals surface area contributed by atoms with E-state index in [0.29, 0.717) is 10.9 Å². The van der Waals surface area contributed by atoms with Gasteiger partial charge in [0.2, 0.25) is 0 Å². The van der Waals surface area contributed by atoms with Crippen LogP contribution in [0, 0.1) is 0 Å². The Balaban J connectivity index is 3.42. The molecule has 4 nitrogen and oxygen atoms in total. The zero-order valence-electron chi connectivity index (χ0n) is 8.60. The molecule has 1 aromatic rings. The van der Waals surface area contributed by atoms with Crippen LogP contribution in [0.4, 0.5) is 0 Å². The van der Waals surface area contributed by atoms with E-state index < -0.39 is 15.8 Å². The van der Waals surface area contributed by atoms with Crippen molar-refractivity contribution in [3.63, 3.8) is 0 Å². The normalized spacial score (nSPS) is 11.4. The van der Waals surface area contributed by atoms with Crippen molar-refractivity contribution in [1.82, 2.24) is 0 Å². The van der Waals surface area contributed by atoms with Gasteiger partial charge in [-0.3, -0.25) is 0 Å². The molecule has 0 radical (unpaired) electrons. The molecule has 0 aliphatic carbocycles. The van der Waals surface area contributed by atoms with Gasteiger partial charge in [-0.2, -0.15) is 0 Å². The molecule has 0 aliphatic heterocycles. The van der Waals surface area contributed by atoms with Crippen LogP contribution in [-0.2, 0) is 9.84 Å². The van der Waals surface area contributed by atoms with Crippen LogP contribution in [0.25, 0.3) is 0 Å². The Kier molecular flexibility index (Phi) is 4.09. The van der Waals surface area contributed by atoms with Gasteiger partial charge < -0.3 is 5.11 Å². The number of benzene rings is 1. The molecule has 0 amide bonds. The Labute approximate surface area is 102 Å². The molecule has 0 spiro atoms. The van der Waals surface area contributed by atoms with Crippen molar-refractivity contribution in [3.05, 3.63) is 28.2 Å². The van der Waals surface area contributed by atoms with Gasteiger partial charge in [-0.05, 0) is 24.6 Å². The van der Waals surface area contributed by atoms with Crippen molar-refractivity contribution in [1.29, 1.82) is 0 Å². The van der Waals surface area contributed by atoms with E-state index in [1.165, 1.54) is 18.2 Å². The summed E-state index contributed by atoms with van der Waals surface area (Å²) in [7, 11) is -3.52. The molecule has 1 aromatic carbocycles. The summed E-state index contributed by atoms with van der Waals surface area (Å²) in [5, 5.41) is 8.91. The number of carbonyl (C=O) groups is 1. The average Bonchev–Trinajstić information content (AvgIpc) is 2.17. The predicted octanol–water partition coefficient (Wildman–Crippen LogP) is 2.33. The first-order chi connectivity index (χ1) is 7.38. The predicted molar refractivity (Wildman–Crippen MR) is 63.4 cm³/mol. The second-order valence-corrected chi connectivity index (χ2v) is 6.26. The smallest absolute Gasteiger partial charge is 0.337 e. The number of sulfone groups is 1. The number of halogens is 1. The van der Waals surface area contributed by atoms with E-state index >= 15 is 0 Å². The summed E-state index contributed by atoms with van der Waals surface area (Å²) in [6.07, 6.45) is 0.452. The van der Waals surface area contributed by atoms with Gasteiger partial charge in [-0.1, -0.05) is 22.9 Å². The summed E-state index contributed by atoms with van der Waals surface area (Å²) < 4.78 is 24.2. The monoisotopic (exact) mass is 306 g/mol. The molecule has 0 aliphatic rings. The highest BCUT2D eigenvalue weighted by atomic mass is 79.9.